The molecular weight excluding hydrogens is 453 g/mol. The van der Waals surface area contributed by atoms with Gasteiger partial charge in [-0.25, -0.2) is 0 Å². The molecule has 1 aliphatic heterocycles. The van der Waals surface area contributed by atoms with E-state index in [1.54, 1.807) is 0 Å². The first-order valence-corrected chi connectivity index (χ1v) is 9.99. The lowest BCUT2D eigenvalue weighted by molar-refractivity contribution is 0.155. The maximum atomic E-state index is 6.18. The van der Waals surface area contributed by atoms with Crippen LogP contribution in [0.4, 0.5) is 0 Å². The second-order valence-corrected chi connectivity index (χ2v) is 7.54. The Hall–Kier alpha value is -1.02. The van der Waals surface area contributed by atoms with Crippen molar-refractivity contribution in [1.82, 2.24) is 10.2 Å². The molecule has 0 spiro atoms. The van der Waals surface area contributed by atoms with E-state index in [1.807, 2.05) is 7.05 Å². The summed E-state index contributed by atoms with van der Waals surface area (Å²) in [6.07, 6.45) is 7.83. The van der Waals surface area contributed by atoms with E-state index in [0.29, 0.717) is 12.0 Å². The number of rotatable bonds is 6. The van der Waals surface area contributed by atoms with Gasteiger partial charge >= 0.3 is 0 Å². The van der Waals surface area contributed by atoms with Crippen LogP contribution < -0.4 is 10.1 Å². The normalized spacial score (nSPS) is 20.8. The van der Waals surface area contributed by atoms with Crippen LogP contribution in [-0.2, 0) is 11.3 Å². The van der Waals surface area contributed by atoms with Gasteiger partial charge in [-0.15, -0.1) is 24.0 Å². The summed E-state index contributed by atoms with van der Waals surface area (Å²) in [6, 6.07) is 8.44. The Morgan fingerprint density at radius 1 is 1.26 bits per heavy atom. The van der Waals surface area contributed by atoms with E-state index in [0.717, 1.165) is 44.4 Å². The number of hydrogen-bond acceptors (Lipinski definition) is 3. The van der Waals surface area contributed by atoms with Crippen molar-refractivity contribution >= 4 is 29.9 Å². The molecule has 0 bridgehead atoms. The molecule has 2 fully saturated rings. The Morgan fingerprint density at radius 2 is 2.07 bits per heavy atom. The molecule has 1 aliphatic carbocycles. The number of benzene rings is 1. The molecule has 1 aromatic rings. The summed E-state index contributed by atoms with van der Waals surface area (Å²) in [6.45, 7) is 3.48. The zero-order valence-electron chi connectivity index (χ0n) is 16.7. The average Bonchev–Trinajstić information content (AvgIpc) is 3.16. The van der Waals surface area contributed by atoms with Crippen molar-refractivity contribution in [1.29, 1.82) is 0 Å². The molecule has 152 valence electrons. The fraction of sp³-hybridized carbons (Fsp3) is 0.667. The third-order valence-electron chi connectivity index (χ3n) is 5.33. The van der Waals surface area contributed by atoms with Gasteiger partial charge in [-0.3, -0.25) is 4.99 Å². The molecule has 27 heavy (non-hydrogen) atoms. The zero-order chi connectivity index (χ0) is 18.2. The van der Waals surface area contributed by atoms with Crippen LogP contribution in [0.5, 0.6) is 5.75 Å². The summed E-state index contributed by atoms with van der Waals surface area (Å²) < 4.78 is 11.7. The van der Waals surface area contributed by atoms with Gasteiger partial charge in [-0.2, -0.15) is 0 Å². The minimum atomic E-state index is 0. The fourth-order valence-corrected chi connectivity index (χ4v) is 3.87. The summed E-state index contributed by atoms with van der Waals surface area (Å²) in [4.78, 5) is 6.62. The third-order valence-corrected chi connectivity index (χ3v) is 5.33. The maximum Gasteiger partial charge on any atom is 0.193 e. The Kier molecular flexibility index (Phi) is 9.68. The molecule has 5 nitrogen and oxygen atoms in total. The molecule has 0 amide bonds. The maximum absolute atomic E-state index is 6.18. The third kappa shape index (κ3) is 7.14. The molecule has 0 radical (unpaired) electrons. The number of hydrogen-bond donors (Lipinski definition) is 1. The van der Waals surface area contributed by atoms with Crippen LogP contribution in [0, 0.1) is 5.92 Å². The highest BCUT2D eigenvalue weighted by atomic mass is 127. The van der Waals surface area contributed by atoms with Gasteiger partial charge in [0.15, 0.2) is 5.96 Å². The summed E-state index contributed by atoms with van der Waals surface area (Å²) in [5, 5.41) is 3.47. The van der Waals surface area contributed by atoms with Crippen molar-refractivity contribution in [3.05, 3.63) is 29.8 Å². The van der Waals surface area contributed by atoms with Crippen LogP contribution in [-0.4, -0.2) is 50.8 Å². The average molecular weight is 487 g/mol. The smallest absolute Gasteiger partial charge is 0.193 e. The summed E-state index contributed by atoms with van der Waals surface area (Å²) >= 11 is 0. The molecule has 1 N–H and O–H groups in total. The van der Waals surface area contributed by atoms with Crippen LogP contribution in [0.1, 0.15) is 44.1 Å². The van der Waals surface area contributed by atoms with Crippen molar-refractivity contribution in [3.63, 3.8) is 0 Å². The Labute approximate surface area is 180 Å². The highest BCUT2D eigenvalue weighted by Crippen LogP contribution is 2.24. The number of ether oxygens (including phenoxy) is 2. The highest BCUT2D eigenvalue weighted by Gasteiger charge is 2.19. The van der Waals surface area contributed by atoms with Gasteiger partial charge in [0.2, 0.25) is 0 Å². The molecular formula is C21H34IN3O2. The molecule has 1 saturated heterocycles. The van der Waals surface area contributed by atoms with Crippen molar-refractivity contribution in [2.45, 2.75) is 51.2 Å². The molecule has 1 heterocycles. The zero-order valence-corrected chi connectivity index (χ0v) is 19.0. The van der Waals surface area contributed by atoms with Crippen LogP contribution >= 0.6 is 24.0 Å². The van der Waals surface area contributed by atoms with Gasteiger partial charge in [-0.1, -0.05) is 18.6 Å². The molecule has 3 rings (SSSR count). The second-order valence-electron chi connectivity index (χ2n) is 7.54. The first kappa shape index (κ1) is 22.3. The van der Waals surface area contributed by atoms with E-state index >= 15 is 0 Å². The number of aliphatic imine (C=N–C) groups is 1. The van der Waals surface area contributed by atoms with Crippen molar-refractivity contribution < 1.29 is 9.47 Å². The Balaban J connectivity index is 0.00000261. The molecule has 6 heteroatoms. The molecule has 1 unspecified atom stereocenters. The molecule has 0 aromatic heterocycles. The summed E-state index contributed by atoms with van der Waals surface area (Å²) in [5.41, 5.74) is 1.22. The van der Waals surface area contributed by atoms with E-state index in [4.69, 9.17) is 9.47 Å². The van der Waals surface area contributed by atoms with Gasteiger partial charge in [0.05, 0.1) is 12.7 Å². The second kappa shape index (κ2) is 11.7. The molecule has 1 aromatic carbocycles. The van der Waals surface area contributed by atoms with E-state index in [1.165, 1.54) is 37.7 Å². The van der Waals surface area contributed by atoms with E-state index in [9.17, 15) is 0 Å². The molecule has 2 aliphatic rings. The standard InChI is InChI=1S/C21H33N3O2.HI/c1-22-21(24(2)15-18-11-12-25-16-18)23-14-17-7-6-10-20(13-17)26-19-8-4-3-5-9-19;/h6-7,10,13,18-19H,3-5,8-9,11-12,14-16H2,1-2H3,(H,22,23);1H. The summed E-state index contributed by atoms with van der Waals surface area (Å²) in [5.74, 6) is 2.52. The topological polar surface area (TPSA) is 46.1 Å². The minimum absolute atomic E-state index is 0. The number of nitrogens with zero attached hydrogens (tertiary/aromatic N) is 2. The lowest BCUT2D eigenvalue weighted by Crippen LogP contribution is -2.41. The first-order chi connectivity index (χ1) is 12.7. The van der Waals surface area contributed by atoms with E-state index in [-0.39, 0.29) is 24.0 Å². The lowest BCUT2D eigenvalue weighted by atomic mass is 9.98. The number of nitrogens with one attached hydrogen (secondary N) is 1. The van der Waals surface area contributed by atoms with Gasteiger partial charge in [0, 0.05) is 39.7 Å². The van der Waals surface area contributed by atoms with Crippen molar-refractivity contribution in [3.8, 4) is 5.75 Å². The largest absolute Gasteiger partial charge is 0.490 e. The Morgan fingerprint density at radius 3 is 2.78 bits per heavy atom. The monoisotopic (exact) mass is 487 g/mol. The highest BCUT2D eigenvalue weighted by molar-refractivity contribution is 14.0. The number of guanidine groups is 1. The molecule has 1 atom stereocenters. The predicted molar refractivity (Wildman–Crippen MR) is 121 cm³/mol. The first-order valence-electron chi connectivity index (χ1n) is 9.99. The predicted octanol–water partition coefficient (Wildman–Crippen LogP) is 4.06. The van der Waals surface area contributed by atoms with Gasteiger partial charge < -0.3 is 19.7 Å². The minimum Gasteiger partial charge on any atom is -0.490 e. The van der Waals surface area contributed by atoms with Crippen LogP contribution in [0.3, 0.4) is 0 Å². The van der Waals surface area contributed by atoms with Gasteiger partial charge in [0.25, 0.3) is 0 Å². The Bertz CT molecular complexity index is 585. The number of halogens is 1. The van der Waals surface area contributed by atoms with Crippen LogP contribution in [0.15, 0.2) is 29.3 Å². The van der Waals surface area contributed by atoms with E-state index in [2.05, 4.69) is 46.5 Å². The quantitative estimate of drug-likeness (QED) is 0.374. The van der Waals surface area contributed by atoms with Gasteiger partial charge in [-0.05, 0) is 49.8 Å². The fourth-order valence-electron chi connectivity index (χ4n) is 3.87. The lowest BCUT2D eigenvalue weighted by Gasteiger charge is -2.25. The van der Waals surface area contributed by atoms with Crippen LogP contribution in [0.2, 0.25) is 0 Å². The molecule has 1 saturated carbocycles. The summed E-state index contributed by atoms with van der Waals surface area (Å²) in [7, 11) is 3.93. The van der Waals surface area contributed by atoms with Gasteiger partial charge in [0.1, 0.15) is 5.75 Å². The van der Waals surface area contributed by atoms with Crippen molar-refractivity contribution in [2.75, 3.05) is 33.9 Å². The van der Waals surface area contributed by atoms with E-state index < -0.39 is 0 Å². The van der Waals surface area contributed by atoms with Crippen LogP contribution in [0.25, 0.3) is 0 Å². The SMILES string of the molecule is CN=C(NCc1cccc(OC2CCCCC2)c1)N(C)CC1CCOC1.I. The van der Waals surface area contributed by atoms with Crippen molar-refractivity contribution in [2.24, 2.45) is 10.9 Å².